The normalized spacial score (nSPS) is 10.7. The van der Waals surface area contributed by atoms with E-state index in [0.29, 0.717) is 11.5 Å². The van der Waals surface area contributed by atoms with Gasteiger partial charge in [0, 0.05) is 22.9 Å². The highest BCUT2D eigenvalue weighted by Crippen LogP contribution is 2.26. The summed E-state index contributed by atoms with van der Waals surface area (Å²) in [6.45, 7) is 0. The van der Waals surface area contributed by atoms with E-state index in [1.165, 1.54) is 12.1 Å². The number of pyridine rings is 1. The highest BCUT2D eigenvalue weighted by Gasteiger charge is 2.11. The van der Waals surface area contributed by atoms with E-state index in [1.54, 1.807) is 23.1 Å². The zero-order valence-electron chi connectivity index (χ0n) is 17.1. The number of hydrogen-bond donors (Lipinski definition) is 0. The molecule has 0 aliphatic rings. The van der Waals surface area contributed by atoms with Crippen molar-refractivity contribution in [3.05, 3.63) is 132 Å². The summed E-state index contributed by atoms with van der Waals surface area (Å²) in [4.78, 5) is 9.38. The van der Waals surface area contributed by atoms with Crippen LogP contribution in [0.3, 0.4) is 0 Å². The maximum Gasteiger partial charge on any atom is 0.153 e. The smallest absolute Gasteiger partial charge is 0.153 e. The van der Waals surface area contributed by atoms with Gasteiger partial charge in [-0.25, -0.2) is 19.0 Å². The quantitative estimate of drug-likeness (QED) is 0.317. The summed E-state index contributed by atoms with van der Waals surface area (Å²) in [5, 5.41) is 4.38. The van der Waals surface area contributed by atoms with Gasteiger partial charge in [0.2, 0.25) is 0 Å². The van der Waals surface area contributed by atoms with Crippen molar-refractivity contribution >= 4 is 11.5 Å². The SMILES string of the molecule is Fc1cccc(-n2nccc2-c2ccnc(N=C(c3ccccc3)c3ccccc3)c2)c1. The Morgan fingerprint density at radius 1 is 0.719 bits per heavy atom. The number of benzene rings is 3. The van der Waals surface area contributed by atoms with Crippen LogP contribution in [0.4, 0.5) is 10.2 Å². The second-order valence-corrected chi connectivity index (χ2v) is 7.20. The molecule has 154 valence electrons. The molecule has 0 N–H and O–H groups in total. The lowest BCUT2D eigenvalue weighted by Gasteiger charge is -2.10. The van der Waals surface area contributed by atoms with E-state index in [2.05, 4.69) is 10.1 Å². The first-order chi connectivity index (χ1) is 15.8. The summed E-state index contributed by atoms with van der Waals surface area (Å²) < 4.78 is 15.5. The third-order valence-electron chi connectivity index (χ3n) is 5.06. The Morgan fingerprint density at radius 2 is 1.44 bits per heavy atom. The molecule has 32 heavy (non-hydrogen) atoms. The zero-order chi connectivity index (χ0) is 21.8. The van der Waals surface area contributed by atoms with Gasteiger partial charge >= 0.3 is 0 Å². The first-order valence-corrected chi connectivity index (χ1v) is 10.2. The molecule has 0 saturated heterocycles. The minimum atomic E-state index is -0.306. The Labute approximate surface area is 185 Å². The molecule has 2 heterocycles. The third kappa shape index (κ3) is 4.09. The van der Waals surface area contributed by atoms with Gasteiger partial charge in [0.05, 0.1) is 23.3 Å². The largest absolute Gasteiger partial charge is 0.237 e. The Hall–Kier alpha value is -4.38. The van der Waals surface area contributed by atoms with E-state index < -0.39 is 0 Å². The van der Waals surface area contributed by atoms with Crippen molar-refractivity contribution in [2.24, 2.45) is 4.99 Å². The molecule has 0 unspecified atom stereocenters. The topological polar surface area (TPSA) is 43.1 Å². The van der Waals surface area contributed by atoms with Gasteiger partial charge in [-0.15, -0.1) is 0 Å². The predicted molar refractivity (Wildman–Crippen MR) is 125 cm³/mol. The molecular formula is C27H19FN4. The van der Waals surface area contributed by atoms with E-state index in [-0.39, 0.29) is 5.82 Å². The molecule has 5 heteroatoms. The van der Waals surface area contributed by atoms with Crippen LogP contribution in [-0.4, -0.2) is 20.5 Å². The number of halogens is 1. The second kappa shape index (κ2) is 8.78. The molecule has 3 aromatic carbocycles. The van der Waals surface area contributed by atoms with E-state index >= 15 is 0 Å². The molecule has 0 atom stereocenters. The third-order valence-corrected chi connectivity index (χ3v) is 5.06. The minimum Gasteiger partial charge on any atom is -0.237 e. The first kappa shape index (κ1) is 19.6. The molecule has 0 spiro atoms. The average molecular weight is 418 g/mol. The molecular weight excluding hydrogens is 399 g/mol. The lowest BCUT2D eigenvalue weighted by atomic mass is 10.0. The molecule has 0 radical (unpaired) electrons. The highest BCUT2D eigenvalue weighted by molar-refractivity contribution is 6.13. The monoisotopic (exact) mass is 418 g/mol. The van der Waals surface area contributed by atoms with Gasteiger partial charge < -0.3 is 0 Å². The summed E-state index contributed by atoms with van der Waals surface area (Å²) in [5.74, 6) is 0.275. The fourth-order valence-corrected chi connectivity index (χ4v) is 3.58. The van der Waals surface area contributed by atoms with Gasteiger partial charge in [0.15, 0.2) is 5.82 Å². The molecule has 0 amide bonds. The van der Waals surface area contributed by atoms with Crippen LogP contribution in [0.25, 0.3) is 16.9 Å². The maximum absolute atomic E-state index is 13.8. The molecule has 0 saturated carbocycles. The molecule has 5 aromatic rings. The zero-order valence-corrected chi connectivity index (χ0v) is 17.1. The van der Waals surface area contributed by atoms with E-state index in [1.807, 2.05) is 84.9 Å². The van der Waals surface area contributed by atoms with Crippen molar-refractivity contribution in [2.75, 3.05) is 0 Å². The number of rotatable bonds is 5. The molecule has 0 fully saturated rings. The van der Waals surface area contributed by atoms with Crippen molar-refractivity contribution < 1.29 is 4.39 Å². The summed E-state index contributed by atoms with van der Waals surface area (Å²) >= 11 is 0. The first-order valence-electron chi connectivity index (χ1n) is 10.2. The van der Waals surface area contributed by atoms with Crippen LogP contribution in [0.15, 0.2) is 121 Å². The van der Waals surface area contributed by atoms with Crippen molar-refractivity contribution in [3.63, 3.8) is 0 Å². The van der Waals surface area contributed by atoms with Crippen molar-refractivity contribution in [3.8, 4) is 16.9 Å². The molecule has 4 nitrogen and oxygen atoms in total. The molecule has 2 aromatic heterocycles. The average Bonchev–Trinajstić information content (AvgIpc) is 3.34. The van der Waals surface area contributed by atoms with Crippen LogP contribution in [-0.2, 0) is 0 Å². The summed E-state index contributed by atoms with van der Waals surface area (Å²) in [7, 11) is 0. The number of hydrogen-bond acceptors (Lipinski definition) is 3. The number of aliphatic imine (C=N–C) groups is 1. The Balaban J connectivity index is 1.59. The fourth-order valence-electron chi connectivity index (χ4n) is 3.58. The van der Waals surface area contributed by atoms with Crippen molar-refractivity contribution in [1.82, 2.24) is 14.8 Å². The van der Waals surface area contributed by atoms with Gasteiger partial charge in [-0.2, -0.15) is 5.10 Å². The lowest BCUT2D eigenvalue weighted by Crippen LogP contribution is -2.03. The van der Waals surface area contributed by atoms with Gasteiger partial charge in [-0.3, -0.25) is 0 Å². The summed E-state index contributed by atoms with van der Waals surface area (Å²) in [6.07, 6.45) is 3.42. The fraction of sp³-hybridized carbons (Fsp3) is 0. The molecule has 0 aliphatic heterocycles. The predicted octanol–water partition coefficient (Wildman–Crippen LogP) is 6.24. The minimum absolute atomic E-state index is 0.306. The van der Waals surface area contributed by atoms with E-state index in [9.17, 15) is 4.39 Å². The van der Waals surface area contributed by atoms with Crippen LogP contribution < -0.4 is 0 Å². The maximum atomic E-state index is 13.8. The summed E-state index contributed by atoms with van der Waals surface area (Å²) in [5.41, 5.74) is 5.23. The van der Waals surface area contributed by atoms with Gasteiger partial charge in [-0.1, -0.05) is 66.7 Å². The van der Waals surface area contributed by atoms with Gasteiger partial charge in [-0.05, 0) is 36.4 Å². The van der Waals surface area contributed by atoms with Crippen LogP contribution in [0, 0.1) is 5.82 Å². The Bertz CT molecular complexity index is 1330. The molecule has 5 rings (SSSR count). The van der Waals surface area contributed by atoms with Crippen LogP contribution >= 0.6 is 0 Å². The van der Waals surface area contributed by atoms with E-state index in [0.717, 1.165) is 28.1 Å². The van der Waals surface area contributed by atoms with E-state index in [4.69, 9.17) is 4.99 Å². The highest BCUT2D eigenvalue weighted by atomic mass is 19.1. The summed E-state index contributed by atoms with van der Waals surface area (Å²) in [6, 6.07) is 32.2. The van der Waals surface area contributed by atoms with Crippen LogP contribution in [0.5, 0.6) is 0 Å². The van der Waals surface area contributed by atoms with Crippen LogP contribution in [0.1, 0.15) is 11.1 Å². The molecule has 0 aliphatic carbocycles. The number of aromatic nitrogens is 3. The Morgan fingerprint density at radius 3 is 2.12 bits per heavy atom. The van der Waals surface area contributed by atoms with Crippen molar-refractivity contribution in [2.45, 2.75) is 0 Å². The Kier molecular flexibility index (Phi) is 5.37. The van der Waals surface area contributed by atoms with Crippen LogP contribution in [0.2, 0.25) is 0 Å². The van der Waals surface area contributed by atoms with Crippen molar-refractivity contribution in [1.29, 1.82) is 0 Å². The second-order valence-electron chi connectivity index (χ2n) is 7.20. The lowest BCUT2D eigenvalue weighted by molar-refractivity contribution is 0.625. The standard InChI is InChI=1S/C27H19FN4/c28-23-12-7-13-24(19-23)32-25(15-17-30-32)22-14-16-29-26(18-22)31-27(20-8-3-1-4-9-20)21-10-5-2-6-11-21/h1-19H. The number of nitrogens with zero attached hydrogens (tertiary/aromatic N) is 4. The van der Waals surface area contributed by atoms with Gasteiger partial charge in [0.25, 0.3) is 0 Å². The molecule has 0 bridgehead atoms. The van der Waals surface area contributed by atoms with Gasteiger partial charge in [0.1, 0.15) is 5.82 Å².